The van der Waals surface area contributed by atoms with Crippen LogP contribution in [0.5, 0.6) is 0 Å². The number of carbonyl (C=O) groups excluding carboxylic acids is 3. The van der Waals surface area contributed by atoms with Crippen LogP contribution in [0.1, 0.15) is 335 Å². The van der Waals surface area contributed by atoms with Crippen LogP contribution in [-0.4, -0.2) is 37.2 Å². The predicted octanol–water partition coefficient (Wildman–Crippen LogP) is 23.6. The number of ether oxygens (including phenoxy) is 3. The van der Waals surface area contributed by atoms with Crippen LogP contribution in [0.3, 0.4) is 0 Å². The molecule has 0 spiro atoms. The maximum absolute atomic E-state index is 12.9. The van der Waals surface area contributed by atoms with E-state index in [1.807, 2.05) is 0 Å². The Hall–Kier alpha value is -3.67. The quantitative estimate of drug-likeness (QED) is 0.0261. The first-order valence-corrected chi connectivity index (χ1v) is 34.2. The van der Waals surface area contributed by atoms with Crippen molar-refractivity contribution < 1.29 is 28.6 Å². The summed E-state index contributed by atoms with van der Waals surface area (Å²) in [7, 11) is 0. The molecule has 0 aromatic heterocycles. The fourth-order valence-electron chi connectivity index (χ4n) is 9.71. The van der Waals surface area contributed by atoms with Crippen molar-refractivity contribution in [2.45, 2.75) is 341 Å². The van der Waals surface area contributed by atoms with Crippen molar-refractivity contribution in [3.05, 3.63) is 97.2 Å². The molecule has 0 aromatic carbocycles. The Labute approximate surface area is 496 Å². The van der Waals surface area contributed by atoms with E-state index in [0.29, 0.717) is 19.3 Å². The summed E-state index contributed by atoms with van der Waals surface area (Å²) in [5.41, 5.74) is 0. The second-order valence-electron chi connectivity index (χ2n) is 22.7. The summed E-state index contributed by atoms with van der Waals surface area (Å²) >= 11 is 0. The summed E-state index contributed by atoms with van der Waals surface area (Å²) in [5, 5.41) is 0. The van der Waals surface area contributed by atoms with Crippen LogP contribution in [0.15, 0.2) is 97.2 Å². The molecule has 0 aliphatic carbocycles. The third kappa shape index (κ3) is 65.1. The van der Waals surface area contributed by atoms with Crippen molar-refractivity contribution >= 4 is 17.9 Å². The largest absolute Gasteiger partial charge is 0.462 e. The summed E-state index contributed by atoms with van der Waals surface area (Å²) in [6.45, 7) is 6.52. The van der Waals surface area contributed by atoms with Gasteiger partial charge in [-0.15, -0.1) is 0 Å². The fourth-order valence-corrected chi connectivity index (χ4v) is 9.71. The molecule has 0 aliphatic heterocycles. The minimum atomic E-state index is -0.781. The average Bonchev–Trinajstić information content (AvgIpc) is 3.46. The zero-order valence-corrected chi connectivity index (χ0v) is 52.8. The molecule has 1 unspecified atom stereocenters. The van der Waals surface area contributed by atoms with Gasteiger partial charge >= 0.3 is 17.9 Å². The van der Waals surface area contributed by atoms with Gasteiger partial charge < -0.3 is 14.2 Å². The molecule has 0 heterocycles. The van der Waals surface area contributed by atoms with E-state index >= 15 is 0 Å². The van der Waals surface area contributed by atoms with Crippen molar-refractivity contribution in [1.82, 2.24) is 0 Å². The van der Waals surface area contributed by atoms with Gasteiger partial charge in [0.05, 0.1) is 0 Å². The third-order valence-electron chi connectivity index (χ3n) is 14.8. The predicted molar refractivity (Wildman–Crippen MR) is 348 cm³/mol. The van der Waals surface area contributed by atoms with Crippen molar-refractivity contribution in [2.24, 2.45) is 0 Å². The van der Waals surface area contributed by atoms with E-state index in [9.17, 15) is 14.4 Å². The lowest BCUT2D eigenvalue weighted by molar-refractivity contribution is -0.167. The second-order valence-corrected chi connectivity index (χ2v) is 22.7. The summed E-state index contributed by atoms with van der Waals surface area (Å²) in [5.74, 6) is -0.878. The van der Waals surface area contributed by atoms with Crippen LogP contribution in [-0.2, 0) is 28.6 Å². The van der Waals surface area contributed by atoms with E-state index in [-0.39, 0.29) is 31.1 Å². The van der Waals surface area contributed by atoms with E-state index < -0.39 is 6.10 Å². The molecule has 1 atom stereocenters. The van der Waals surface area contributed by atoms with Crippen molar-refractivity contribution in [3.8, 4) is 0 Å². The molecule has 0 amide bonds. The molecule has 80 heavy (non-hydrogen) atoms. The normalized spacial score (nSPS) is 12.7. The molecule has 0 radical (unpaired) electrons. The molecule has 0 bridgehead atoms. The third-order valence-corrected chi connectivity index (χ3v) is 14.8. The first kappa shape index (κ1) is 76.3. The van der Waals surface area contributed by atoms with Crippen molar-refractivity contribution in [2.75, 3.05) is 13.2 Å². The molecule has 0 N–H and O–H groups in total. The maximum atomic E-state index is 12.9. The van der Waals surface area contributed by atoms with Gasteiger partial charge in [0.15, 0.2) is 6.10 Å². The molecule has 6 heteroatoms. The Balaban J connectivity index is 4.12. The molecule has 0 fully saturated rings. The molecule has 0 aromatic rings. The lowest BCUT2D eigenvalue weighted by Gasteiger charge is -2.18. The fraction of sp³-hybridized carbons (Fsp3) is 0.743. The second kappa shape index (κ2) is 67.8. The van der Waals surface area contributed by atoms with E-state index in [1.54, 1.807) is 0 Å². The van der Waals surface area contributed by atoms with Gasteiger partial charge in [0.2, 0.25) is 0 Å². The van der Waals surface area contributed by atoms with E-state index in [1.165, 1.54) is 173 Å². The topological polar surface area (TPSA) is 78.9 Å². The van der Waals surface area contributed by atoms with E-state index in [2.05, 4.69) is 118 Å². The zero-order chi connectivity index (χ0) is 57.8. The minimum absolute atomic E-state index is 0.0779. The van der Waals surface area contributed by atoms with Gasteiger partial charge in [0.1, 0.15) is 13.2 Å². The molecule has 460 valence electrons. The first-order valence-electron chi connectivity index (χ1n) is 34.2. The summed E-state index contributed by atoms with van der Waals surface area (Å²) in [4.78, 5) is 38.3. The zero-order valence-electron chi connectivity index (χ0n) is 52.8. The van der Waals surface area contributed by atoms with Gasteiger partial charge in [-0.2, -0.15) is 0 Å². The first-order chi connectivity index (χ1) is 39.5. The Kier molecular flexibility index (Phi) is 64.7. The summed E-state index contributed by atoms with van der Waals surface area (Å²) in [6, 6.07) is 0. The lowest BCUT2D eigenvalue weighted by Crippen LogP contribution is -2.30. The smallest absolute Gasteiger partial charge is 0.306 e. The molecular formula is C74H128O6. The van der Waals surface area contributed by atoms with Gasteiger partial charge in [-0.25, -0.2) is 0 Å². The molecule has 0 rings (SSSR count). The van der Waals surface area contributed by atoms with Crippen LogP contribution in [0.2, 0.25) is 0 Å². The van der Waals surface area contributed by atoms with E-state index in [0.717, 1.165) is 122 Å². The highest BCUT2D eigenvalue weighted by Gasteiger charge is 2.19. The molecule has 6 nitrogen and oxygen atoms in total. The molecule has 0 saturated heterocycles. The molecule has 0 aliphatic rings. The van der Waals surface area contributed by atoms with Crippen LogP contribution in [0.25, 0.3) is 0 Å². The summed E-state index contributed by atoms with van der Waals surface area (Å²) < 4.78 is 16.9. The van der Waals surface area contributed by atoms with Gasteiger partial charge in [0.25, 0.3) is 0 Å². The lowest BCUT2D eigenvalue weighted by atomic mass is 10.0. The number of hydrogen-bond donors (Lipinski definition) is 0. The highest BCUT2D eigenvalue weighted by molar-refractivity contribution is 5.71. The number of allylic oxidation sites excluding steroid dienone is 16. The number of hydrogen-bond acceptors (Lipinski definition) is 6. The minimum Gasteiger partial charge on any atom is -0.462 e. The number of unbranched alkanes of at least 4 members (excludes halogenated alkanes) is 35. The van der Waals surface area contributed by atoms with Crippen LogP contribution in [0.4, 0.5) is 0 Å². The van der Waals surface area contributed by atoms with Crippen LogP contribution < -0.4 is 0 Å². The van der Waals surface area contributed by atoms with Gasteiger partial charge in [-0.05, 0) is 103 Å². The Morgan fingerprint density at radius 1 is 0.263 bits per heavy atom. The SMILES string of the molecule is CC/C=C\C/C=C\C/C=C\C/C=C\C/C=C\C/C=C\CCCCCCCCCCCCCCCCCCC(=O)OCC(COC(=O)CCCCCCCCCCCCC)OC(=O)CCCCCCC/C=C\C/C=C\CCCCCC. The van der Waals surface area contributed by atoms with E-state index in [4.69, 9.17) is 14.2 Å². The Morgan fingerprint density at radius 2 is 0.487 bits per heavy atom. The highest BCUT2D eigenvalue weighted by atomic mass is 16.6. The number of esters is 3. The Morgan fingerprint density at radius 3 is 0.775 bits per heavy atom. The van der Waals surface area contributed by atoms with Gasteiger partial charge in [-0.1, -0.05) is 311 Å². The monoisotopic (exact) mass is 1110 g/mol. The van der Waals surface area contributed by atoms with Crippen molar-refractivity contribution in [3.63, 3.8) is 0 Å². The van der Waals surface area contributed by atoms with Crippen molar-refractivity contribution in [1.29, 1.82) is 0 Å². The van der Waals surface area contributed by atoms with Gasteiger partial charge in [0, 0.05) is 19.3 Å². The van der Waals surface area contributed by atoms with Crippen LogP contribution in [0, 0.1) is 0 Å². The van der Waals surface area contributed by atoms with Crippen LogP contribution >= 0.6 is 0 Å². The highest BCUT2D eigenvalue weighted by Crippen LogP contribution is 2.17. The van der Waals surface area contributed by atoms with Gasteiger partial charge in [-0.3, -0.25) is 14.4 Å². The maximum Gasteiger partial charge on any atom is 0.306 e. The number of carbonyl (C=O) groups is 3. The summed E-state index contributed by atoms with van der Waals surface area (Å²) in [6.07, 6.45) is 91.5. The number of rotatable bonds is 62. The molecule has 0 saturated carbocycles. The Bertz CT molecular complexity index is 1560. The standard InChI is InChI=1S/C74H128O6/c1-4-7-10-13-16-19-22-24-26-28-29-30-31-32-33-34-35-36-37-38-39-40-41-42-43-44-45-46-48-49-52-55-58-61-64-67-73(76)79-70-71(69-78-72(75)66-63-60-57-54-51-21-18-15-12-9-6-3)80-74(77)68-65-62-59-56-53-50-47-27-25-23-20-17-14-11-8-5-2/h7,10,16,19-20,23-24,26-27,29-30,32-33,35-36,47,71H,4-6,8-9,11-15,17-18,21-22,25,28,31,34,37-46,48-70H2,1-3H3/b10-7-,19-16-,23-20-,26-24-,30-29-,33-32-,36-35-,47-27-. The molecular weight excluding hydrogens is 985 g/mol. The average molecular weight is 1110 g/mol.